The van der Waals surface area contributed by atoms with Crippen LogP contribution in [-0.4, -0.2) is 20.9 Å². The number of aromatic hydroxyl groups is 1. The van der Waals surface area contributed by atoms with E-state index in [0.717, 1.165) is 11.3 Å². The van der Waals surface area contributed by atoms with Crippen molar-refractivity contribution in [1.29, 1.82) is 0 Å². The fraction of sp³-hybridized carbons (Fsp3) is 0.154. The summed E-state index contributed by atoms with van der Waals surface area (Å²) in [6.45, 7) is 0. The summed E-state index contributed by atoms with van der Waals surface area (Å²) < 4.78 is 0. The van der Waals surface area contributed by atoms with Gasteiger partial charge in [-0.25, -0.2) is 9.97 Å². The smallest absolute Gasteiger partial charge is 0.166 e. The monoisotopic (exact) mass is 226 g/mol. The fourth-order valence-electron chi connectivity index (χ4n) is 1.99. The number of rotatable bonds is 1. The molecule has 0 atom stereocenters. The SMILES string of the molecule is O=C1CCc2nc(-c3cccc(O)c3)ncc21. The molecule has 4 nitrogen and oxygen atoms in total. The first kappa shape index (κ1) is 9.96. The van der Waals surface area contributed by atoms with Gasteiger partial charge in [-0.2, -0.15) is 0 Å². The minimum atomic E-state index is 0.113. The van der Waals surface area contributed by atoms with Crippen molar-refractivity contribution in [1.82, 2.24) is 9.97 Å². The molecule has 1 heterocycles. The largest absolute Gasteiger partial charge is 0.508 e. The molecule has 4 heteroatoms. The number of nitrogens with zero attached hydrogens (tertiary/aromatic N) is 2. The lowest BCUT2D eigenvalue weighted by atomic mass is 10.2. The lowest BCUT2D eigenvalue weighted by Gasteiger charge is -2.02. The number of carbonyl (C=O) groups excluding carboxylic acids is 1. The third kappa shape index (κ3) is 1.67. The first-order chi connectivity index (χ1) is 8.24. The van der Waals surface area contributed by atoms with Crippen molar-refractivity contribution in [2.24, 2.45) is 0 Å². The van der Waals surface area contributed by atoms with Crippen LogP contribution in [0.5, 0.6) is 5.75 Å². The van der Waals surface area contributed by atoms with Gasteiger partial charge in [-0.3, -0.25) is 4.79 Å². The van der Waals surface area contributed by atoms with Crippen LogP contribution in [0.25, 0.3) is 11.4 Å². The molecular weight excluding hydrogens is 216 g/mol. The summed E-state index contributed by atoms with van der Waals surface area (Å²) in [5.41, 5.74) is 2.20. The van der Waals surface area contributed by atoms with E-state index in [9.17, 15) is 9.90 Å². The Kier molecular flexibility index (Phi) is 2.14. The van der Waals surface area contributed by atoms with Gasteiger partial charge in [-0.1, -0.05) is 12.1 Å². The molecule has 2 aromatic rings. The Morgan fingerprint density at radius 1 is 1.24 bits per heavy atom. The summed E-state index contributed by atoms with van der Waals surface area (Å²) in [6, 6.07) is 6.78. The number of Topliss-reactive ketones (excluding diaryl/α,β-unsaturated/α-hetero) is 1. The van der Waals surface area contributed by atoms with Crippen LogP contribution >= 0.6 is 0 Å². The van der Waals surface area contributed by atoms with Crippen LogP contribution in [0.1, 0.15) is 22.5 Å². The van der Waals surface area contributed by atoms with E-state index in [1.54, 1.807) is 24.4 Å². The van der Waals surface area contributed by atoms with Crippen LogP contribution in [0.3, 0.4) is 0 Å². The Hall–Kier alpha value is -2.23. The molecule has 0 saturated carbocycles. The van der Waals surface area contributed by atoms with Crippen molar-refractivity contribution in [2.45, 2.75) is 12.8 Å². The van der Waals surface area contributed by atoms with Gasteiger partial charge in [0.05, 0.1) is 11.3 Å². The van der Waals surface area contributed by atoms with Crippen molar-refractivity contribution >= 4 is 5.78 Å². The molecule has 0 unspecified atom stereocenters. The molecule has 0 radical (unpaired) electrons. The maximum Gasteiger partial charge on any atom is 0.166 e. The summed E-state index contributed by atoms with van der Waals surface area (Å²) >= 11 is 0. The van der Waals surface area contributed by atoms with Crippen LogP contribution in [-0.2, 0) is 6.42 Å². The zero-order valence-corrected chi connectivity index (χ0v) is 9.05. The standard InChI is InChI=1S/C13H10N2O2/c16-9-3-1-2-8(6-9)13-14-7-10-11(15-13)4-5-12(10)17/h1-3,6-7,16H,4-5H2. The van der Waals surface area contributed by atoms with Gasteiger partial charge in [-0.05, 0) is 18.6 Å². The molecule has 1 aromatic carbocycles. The predicted molar refractivity (Wildman–Crippen MR) is 61.8 cm³/mol. The topological polar surface area (TPSA) is 63.1 Å². The number of hydrogen-bond donors (Lipinski definition) is 1. The molecule has 0 saturated heterocycles. The highest BCUT2D eigenvalue weighted by Gasteiger charge is 2.21. The first-order valence-corrected chi connectivity index (χ1v) is 5.42. The van der Waals surface area contributed by atoms with Crippen LogP contribution in [0.15, 0.2) is 30.5 Å². The number of ketones is 1. The van der Waals surface area contributed by atoms with E-state index >= 15 is 0 Å². The van der Waals surface area contributed by atoms with E-state index in [0.29, 0.717) is 24.2 Å². The quantitative estimate of drug-likeness (QED) is 0.807. The second-order valence-corrected chi connectivity index (χ2v) is 4.03. The van der Waals surface area contributed by atoms with E-state index in [-0.39, 0.29) is 11.5 Å². The van der Waals surface area contributed by atoms with Crippen LogP contribution < -0.4 is 0 Å². The summed E-state index contributed by atoms with van der Waals surface area (Å²) in [5.74, 6) is 0.847. The van der Waals surface area contributed by atoms with E-state index in [1.807, 2.05) is 6.07 Å². The lowest BCUT2D eigenvalue weighted by Crippen LogP contribution is -1.97. The van der Waals surface area contributed by atoms with Gasteiger partial charge >= 0.3 is 0 Å². The Balaban J connectivity index is 2.09. The average Bonchev–Trinajstić information content (AvgIpc) is 2.71. The average molecular weight is 226 g/mol. The summed E-state index contributed by atoms with van der Waals surface area (Å²) in [4.78, 5) is 20.0. The normalized spacial score (nSPS) is 13.8. The molecule has 0 fully saturated rings. The highest BCUT2D eigenvalue weighted by Crippen LogP contribution is 2.24. The molecule has 0 bridgehead atoms. The van der Waals surface area contributed by atoms with Gasteiger partial charge < -0.3 is 5.11 Å². The van der Waals surface area contributed by atoms with Gasteiger partial charge in [0, 0.05) is 18.2 Å². The summed E-state index contributed by atoms with van der Waals surface area (Å²) in [5, 5.41) is 9.40. The molecule has 3 rings (SSSR count). The molecular formula is C13H10N2O2. The van der Waals surface area contributed by atoms with Crippen molar-refractivity contribution in [3.8, 4) is 17.1 Å². The second kappa shape index (κ2) is 3.66. The van der Waals surface area contributed by atoms with E-state index < -0.39 is 0 Å². The fourth-order valence-corrected chi connectivity index (χ4v) is 1.99. The maximum absolute atomic E-state index is 11.4. The molecule has 1 N–H and O–H groups in total. The number of aryl methyl sites for hydroxylation is 1. The van der Waals surface area contributed by atoms with Crippen molar-refractivity contribution in [3.63, 3.8) is 0 Å². The Morgan fingerprint density at radius 2 is 2.12 bits per heavy atom. The molecule has 1 aromatic heterocycles. The molecule has 1 aliphatic carbocycles. The maximum atomic E-state index is 11.4. The van der Waals surface area contributed by atoms with E-state index in [1.165, 1.54) is 0 Å². The van der Waals surface area contributed by atoms with Crippen molar-refractivity contribution < 1.29 is 9.90 Å². The number of benzene rings is 1. The second-order valence-electron chi connectivity index (χ2n) is 4.03. The van der Waals surface area contributed by atoms with Crippen molar-refractivity contribution in [2.75, 3.05) is 0 Å². The molecule has 0 aliphatic heterocycles. The van der Waals surface area contributed by atoms with E-state index in [2.05, 4.69) is 9.97 Å². The van der Waals surface area contributed by atoms with Gasteiger partial charge in [0.25, 0.3) is 0 Å². The first-order valence-electron chi connectivity index (χ1n) is 5.42. The highest BCUT2D eigenvalue weighted by molar-refractivity contribution is 5.99. The van der Waals surface area contributed by atoms with Gasteiger partial charge in [-0.15, -0.1) is 0 Å². The lowest BCUT2D eigenvalue weighted by molar-refractivity contribution is 0.0994. The molecule has 0 spiro atoms. The molecule has 17 heavy (non-hydrogen) atoms. The number of hydrogen-bond acceptors (Lipinski definition) is 4. The summed E-state index contributed by atoms with van der Waals surface area (Å²) in [6.07, 6.45) is 2.78. The number of carbonyl (C=O) groups is 1. The van der Waals surface area contributed by atoms with Gasteiger partial charge in [0.15, 0.2) is 11.6 Å². The number of phenols is 1. The van der Waals surface area contributed by atoms with Crippen LogP contribution in [0.2, 0.25) is 0 Å². The third-order valence-electron chi connectivity index (χ3n) is 2.86. The number of aromatic nitrogens is 2. The van der Waals surface area contributed by atoms with Crippen molar-refractivity contribution in [3.05, 3.63) is 41.7 Å². The number of phenolic OH excluding ortho intramolecular Hbond substituents is 1. The third-order valence-corrected chi connectivity index (χ3v) is 2.86. The van der Waals surface area contributed by atoms with Crippen LogP contribution in [0.4, 0.5) is 0 Å². The Bertz CT molecular complexity index is 608. The molecule has 0 amide bonds. The highest BCUT2D eigenvalue weighted by atomic mass is 16.3. The number of fused-ring (bicyclic) bond motifs is 1. The molecule has 1 aliphatic rings. The zero-order valence-electron chi connectivity index (χ0n) is 9.05. The summed E-state index contributed by atoms with van der Waals surface area (Å²) in [7, 11) is 0. The van der Waals surface area contributed by atoms with Gasteiger partial charge in [0.1, 0.15) is 5.75 Å². The Labute approximate surface area is 98.0 Å². The molecule has 84 valence electrons. The Morgan fingerprint density at radius 3 is 2.94 bits per heavy atom. The minimum Gasteiger partial charge on any atom is -0.508 e. The van der Waals surface area contributed by atoms with Crippen LogP contribution in [0, 0.1) is 0 Å². The van der Waals surface area contributed by atoms with Gasteiger partial charge in [0.2, 0.25) is 0 Å². The minimum absolute atomic E-state index is 0.113. The predicted octanol–water partition coefficient (Wildman–Crippen LogP) is 1.98. The van der Waals surface area contributed by atoms with E-state index in [4.69, 9.17) is 0 Å². The zero-order chi connectivity index (χ0) is 11.8.